The van der Waals surface area contributed by atoms with Crippen LogP contribution < -0.4 is 10.9 Å². The van der Waals surface area contributed by atoms with Gasteiger partial charge in [-0.15, -0.1) is 0 Å². The van der Waals surface area contributed by atoms with Crippen LogP contribution in [0.5, 0.6) is 0 Å². The molecule has 3 aromatic rings. The Morgan fingerprint density at radius 1 is 1.21 bits per heavy atom. The van der Waals surface area contributed by atoms with Crippen LogP contribution in [0.15, 0.2) is 56.3 Å². The van der Waals surface area contributed by atoms with E-state index in [1.54, 1.807) is 0 Å². The van der Waals surface area contributed by atoms with Gasteiger partial charge in [0.15, 0.2) is 0 Å². The summed E-state index contributed by atoms with van der Waals surface area (Å²) in [6, 6.07) is 13.5. The van der Waals surface area contributed by atoms with Crippen LogP contribution in [0.3, 0.4) is 0 Å². The van der Waals surface area contributed by atoms with Crippen molar-refractivity contribution in [1.29, 1.82) is 0 Å². The molecule has 29 heavy (non-hydrogen) atoms. The number of amides is 1. The molecule has 1 unspecified atom stereocenters. The number of fused-ring (bicyclic) bond motifs is 1. The lowest BCUT2D eigenvalue weighted by molar-refractivity contribution is 0.0854. The third-order valence-electron chi connectivity index (χ3n) is 5.04. The molecule has 150 valence electrons. The summed E-state index contributed by atoms with van der Waals surface area (Å²) in [5.41, 5.74) is 4.36. The topological polar surface area (TPSA) is 63.8 Å². The highest BCUT2D eigenvalue weighted by molar-refractivity contribution is 9.10. The first-order chi connectivity index (χ1) is 14.0. The molecular formula is C23H23BrN2O3. The number of aryl methyl sites for hydroxylation is 2. The number of ether oxygens (including phenoxy) is 1. The minimum absolute atomic E-state index is 0.0743. The molecule has 1 fully saturated rings. The molecule has 4 rings (SSSR count). The number of hydrogen-bond donors (Lipinski definition) is 1. The van der Waals surface area contributed by atoms with Crippen molar-refractivity contribution in [2.45, 2.75) is 32.8 Å². The first kappa shape index (κ1) is 19.9. The number of nitrogens with zero attached hydrogens (tertiary/aromatic N) is 1. The lowest BCUT2D eigenvalue weighted by Crippen LogP contribution is -2.34. The van der Waals surface area contributed by atoms with E-state index < -0.39 is 0 Å². The van der Waals surface area contributed by atoms with Gasteiger partial charge in [-0.25, -0.2) is 4.99 Å². The van der Waals surface area contributed by atoms with Gasteiger partial charge < -0.3 is 14.5 Å². The van der Waals surface area contributed by atoms with E-state index >= 15 is 0 Å². The highest BCUT2D eigenvalue weighted by Gasteiger charge is 2.18. The average Bonchev–Trinajstić information content (AvgIpc) is 3.21. The van der Waals surface area contributed by atoms with Gasteiger partial charge in [0.25, 0.3) is 5.91 Å². The number of carbonyl (C=O) groups is 1. The fourth-order valence-corrected chi connectivity index (χ4v) is 3.87. The molecule has 0 bridgehead atoms. The molecule has 0 aliphatic carbocycles. The number of nitrogens with one attached hydrogen (secondary N) is 1. The first-order valence-corrected chi connectivity index (χ1v) is 10.5. The summed E-state index contributed by atoms with van der Waals surface area (Å²) in [4.78, 5) is 17.7. The molecule has 1 aromatic heterocycles. The van der Waals surface area contributed by atoms with E-state index in [1.807, 2.05) is 50.2 Å². The second-order valence-electron chi connectivity index (χ2n) is 7.39. The molecule has 1 aliphatic heterocycles. The first-order valence-electron chi connectivity index (χ1n) is 9.75. The molecule has 2 heterocycles. The molecule has 1 saturated heterocycles. The van der Waals surface area contributed by atoms with Crippen molar-refractivity contribution in [2.75, 3.05) is 13.2 Å². The Labute approximate surface area is 177 Å². The van der Waals surface area contributed by atoms with Gasteiger partial charge in [0.1, 0.15) is 11.1 Å². The summed E-state index contributed by atoms with van der Waals surface area (Å²) in [5, 5.41) is 3.81. The van der Waals surface area contributed by atoms with Crippen LogP contribution in [0.2, 0.25) is 0 Å². The summed E-state index contributed by atoms with van der Waals surface area (Å²) in [5.74, 6) is -0.213. The summed E-state index contributed by atoms with van der Waals surface area (Å²) < 4.78 is 12.6. The van der Waals surface area contributed by atoms with Crippen molar-refractivity contribution >= 4 is 38.5 Å². The molecular weight excluding hydrogens is 432 g/mol. The van der Waals surface area contributed by atoms with E-state index in [2.05, 4.69) is 32.3 Å². The molecule has 2 aromatic carbocycles. The van der Waals surface area contributed by atoms with Gasteiger partial charge in [-0.1, -0.05) is 33.6 Å². The van der Waals surface area contributed by atoms with Crippen LogP contribution in [-0.2, 0) is 4.74 Å². The highest BCUT2D eigenvalue weighted by Crippen LogP contribution is 2.22. The molecule has 1 amide bonds. The van der Waals surface area contributed by atoms with Gasteiger partial charge in [0.2, 0.25) is 5.55 Å². The number of halogens is 1. The van der Waals surface area contributed by atoms with Crippen LogP contribution >= 0.6 is 15.9 Å². The Kier molecular flexibility index (Phi) is 5.83. The van der Waals surface area contributed by atoms with E-state index in [1.165, 1.54) is 0 Å². The molecule has 1 atom stereocenters. The minimum Gasteiger partial charge on any atom is -0.438 e. The van der Waals surface area contributed by atoms with Crippen LogP contribution in [0.25, 0.3) is 11.0 Å². The lowest BCUT2D eigenvalue weighted by Gasteiger charge is -2.11. The van der Waals surface area contributed by atoms with Crippen LogP contribution in [0.4, 0.5) is 5.69 Å². The van der Waals surface area contributed by atoms with E-state index in [9.17, 15) is 4.79 Å². The largest absolute Gasteiger partial charge is 0.438 e. The molecule has 5 nitrogen and oxygen atoms in total. The number of carbonyl (C=O) groups excluding carboxylic acids is 1. The Balaban J connectivity index is 1.78. The monoisotopic (exact) mass is 454 g/mol. The van der Waals surface area contributed by atoms with Crippen LogP contribution in [-0.4, -0.2) is 25.2 Å². The molecule has 6 heteroatoms. The second-order valence-corrected chi connectivity index (χ2v) is 8.31. The van der Waals surface area contributed by atoms with Crippen molar-refractivity contribution in [3.8, 4) is 0 Å². The highest BCUT2D eigenvalue weighted by atomic mass is 79.9. The Morgan fingerprint density at radius 3 is 2.83 bits per heavy atom. The number of hydrogen-bond acceptors (Lipinski definition) is 4. The Bertz CT molecular complexity index is 1130. The quantitative estimate of drug-likeness (QED) is 0.606. The van der Waals surface area contributed by atoms with E-state index in [0.29, 0.717) is 23.2 Å². The third-order valence-corrected chi connectivity index (χ3v) is 5.54. The van der Waals surface area contributed by atoms with Gasteiger partial charge in [-0.05, 0) is 62.6 Å². The zero-order valence-electron chi connectivity index (χ0n) is 16.5. The van der Waals surface area contributed by atoms with Crippen molar-refractivity contribution in [3.63, 3.8) is 0 Å². The maximum atomic E-state index is 13.0. The maximum Gasteiger partial charge on any atom is 0.256 e. The van der Waals surface area contributed by atoms with Gasteiger partial charge in [0, 0.05) is 23.0 Å². The standard InChI is InChI=1S/C23H23BrN2O3/c1-14-5-7-20(15(2)10-14)26-23-19(22(27)25-13-18-4-3-9-28-18)12-16-11-17(24)6-8-21(16)29-23/h5-8,10-12,18H,3-4,9,13H2,1-2H3,(H,25,27). The van der Waals surface area contributed by atoms with E-state index in [-0.39, 0.29) is 12.0 Å². The SMILES string of the molecule is Cc1ccc(N=c2oc3ccc(Br)cc3cc2C(=O)NCC2CCCO2)c(C)c1. The van der Waals surface area contributed by atoms with Gasteiger partial charge in [0.05, 0.1) is 11.8 Å². The van der Waals surface area contributed by atoms with Crippen molar-refractivity contribution in [2.24, 2.45) is 4.99 Å². The second kappa shape index (κ2) is 8.51. The average molecular weight is 455 g/mol. The predicted octanol–water partition coefficient (Wildman–Crippen LogP) is 4.95. The normalized spacial score (nSPS) is 17.1. The Morgan fingerprint density at radius 2 is 2.07 bits per heavy atom. The van der Waals surface area contributed by atoms with Crippen LogP contribution in [0, 0.1) is 13.8 Å². The zero-order chi connectivity index (χ0) is 20.4. The van der Waals surface area contributed by atoms with E-state index in [4.69, 9.17) is 9.15 Å². The lowest BCUT2D eigenvalue weighted by atomic mass is 10.1. The van der Waals surface area contributed by atoms with Gasteiger partial charge in [-0.3, -0.25) is 4.79 Å². The molecule has 0 saturated carbocycles. The Hall–Kier alpha value is -2.44. The summed E-state index contributed by atoms with van der Waals surface area (Å²) >= 11 is 3.48. The fourth-order valence-electron chi connectivity index (χ4n) is 3.49. The maximum absolute atomic E-state index is 13.0. The predicted molar refractivity (Wildman–Crippen MR) is 116 cm³/mol. The van der Waals surface area contributed by atoms with Crippen molar-refractivity contribution < 1.29 is 13.9 Å². The molecule has 1 aliphatic rings. The summed E-state index contributed by atoms with van der Waals surface area (Å²) in [6.07, 6.45) is 2.08. The zero-order valence-corrected chi connectivity index (χ0v) is 18.1. The molecule has 0 spiro atoms. The number of rotatable bonds is 4. The third kappa shape index (κ3) is 4.60. The van der Waals surface area contributed by atoms with E-state index in [0.717, 1.165) is 46.1 Å². The fraction of sp³-hybridized carbons (Fsp3) is 0.304. The smallest absolute Gasteiger partial charge is 0.256 e. The molecule has 1 N–H and O–H groups in total. The minimum atomic E-state index is -0.213. The van der Waals surface area contributed by atoms with Gasteiger partial charge >= 0.3 is 0 Å². The molecule has 0 radical (unpaired) electrons. The van der Waals surface area contributed by atoms with Crippen molar-refractivity contribution in [1.82, 2.24) is 5.32 Å². The number of benzene rings is 2. The summed E-state index contributed by atoms with van der Waals surface area (Å²) in [6.45, 7) is 5.28. The summed E-state index contributed by atoms with van der Waals surface area (Å²) in [7, 11) is 0. The van der Waals surface area contributed by atoms with Gasteiger partial charge in [-0.2, -0.15) is 0 Å². The van der Waals surface area contributed by atoms with Crippen LogP contribution in [0.1, 0.15) is 34.3 Å². The van der Waals surface area contributed by atoms with Crippen molar-refractivity contribution in [3.05, 3.63) is 69.2 Å².